The molecule has 1 aromatic heterocycles. The Balaban J connectivity index is 2.18. The summed E-state index contributed by atoms with van der Waals surface area (Å²) >= 11 is 0. The van der Waals surface area contributed by atoms with Crippen LogP contribution in [0.15, 0.2) is 33.5 Å². The number of benzene rings is 1. The number of nitrogens with one attached hydrogen (secondary N) is 1. The van der Waals surface area contributed by atoms with E-state index in [0.717, 1.165) is 10.9 Å². The lowest BCUT2D eigenvalue weighted by molar-refractivity contribution is -0.137. The minimum atomic E-state index is -0.889. The molecule has 0 radical (unpaired) electrons. The number of carbonyl (C=O) groups excluding carboxylic acids is 2. The van der Waals surface area contributed by atoms with Gasteiger partial charge >= 0.3 is 17.7 Å². The van der Waals surface area contributed by atoms with E-state index in [-0.39, 0.29) is 11.7 Å². The average Bonchev–Trinajstić information content (AvgIpc) is 2.49. The lowest BCUT2D eigenvalue weighted by Gasteiger charge is -2.24. The van der Waals surface area contributed by atoms with E-state index in [2.05, 4.69) is 5.32 Å². The van der Waals surface area contributed by atoms with Crippen LogP contribution in [0.5, 0.6) is 5.75 Å². The highest BCUT2D eigenvalue weighted by molar-refractivity contribution is 5.85. The van der Waals surface area contributed by atoms with E-state index >= 15 is 0 Å². The van der Waals surface area contributed by atoms with Crippen molar-refractivity contribution < 1.29 is 23.5 Å². The Morgan fingerprint density at radius 2 is 1.81 bits per heavy atom. The lowest BCUT2D eigenvalue weighted by atomic mass is 10.1. The Morgan fingerprint density at radius 3 is 2.41 bits per heavy atom. The van der Waals surface area contributed by atoms with Gasteiger partial charge in [-0.15, -0.1) is 0 Å². The first-order valence-corrected chi connectivity index (χ1v) is 8.72. The van der Waals surface area contributed by atoms with Gasteiger partial charge in [0.05, 0.1) is 0 Å². The predicted molar refractivity (Wildman–Crippen MR) is 101 cm³/mol. The Morgan fingerprint density at radius 1 is 1.15 bits per heavy atom. The molecule has 1 N–H and O–H groups in total. The van der Waals surface area contributed by atoms with Crippen molar-refractivity contribution >= 4 is 23.0 Å². The highest BCUT2D eigenvalue weighted by Crippen LogP contribution is 2.23. The van der Waals surface area contributed by atoms with Crippen LogP contribution in [0.25, 0.3) is 11.0 Å². The summed E-state index contributed by atoms with van der Waals surface area (Å²) < 4.78 is 15.7. The van der Waals surface area contributed by atoms with Crippen molar-refractivity contribution in [1.29, 1.82) is 0 Å². The second-order valence-electron chi connectivity index (χ2n) is 7.70. The third-order valence-corrected chi connectivity index (χ3v) is 3.73. The number of aryl methyl sites for hydroxylation is 1. The van der Waals surface area contributed by atoms with Crippen molar-refractivity contribution in [1.82, 2.24) is 5.32 Å². The Kier molecular flexibility index (Phi) is 5.93. The van der Waals surface area contributed by atoms with Gasteiger partial charge in [0.1, 0.15) is 23.0 Å². The van der Waals surface area contributed by atoms with E-state index in [0.29, 0.717) is 5.58 Å². The van der Waals surface area contributed by atoms with Crippen molar-refractivity contribution in [3.8, 4) is 5.75 Å². The first kappa shape index (κ1) is 20.5. The minimum absolute atomic E-state index is 0.217. The molecule has 0 saturated heterocycles. The highest BCUT2D eigenvalue weighted by atomic mass is 16.6. The molecule has 1 aromatic carbocycles. The number of hydrogen-bond acceptors (Lipinski definition) is 6. The molecule has 27 heavy (non-hydrogen) atoms. The van der Waals surface area contributed by atoms with Gasteiger partial charge in [0.2, 0.25) is 0 Å². The fraction of sp³-hybridized carbons (Fsp3) is 0.450. The largest absolute Gasteiger partial charge is 0.444 e. The van der Waals surface area contributed by atoms with E-state index in [4.69, 9.17) is 13.9 Å². The van der Waals surface area contributed by atoms with Gasteiger partial charge in [0.15, 0.2) is 0 Å². The smallest absolute Gasteiger partial charge is 0.408 e. The maximum absolute atomic E-state index is 12.5. The molecule has 0 saturated carbocycles. The van der Waals surface area contributed by atoms with E-state index < -0.39 is 29.3 Å². The summed E-state index contributed by atoms with van der Waals surface area (Å²) in [5, 5.41) is 3.29. The molecule has 0 aliphatic carbocycles. The van der Waals surface area contributed by atoms with Crippen LogP contribution >= 0.6 is 0 Å². The molecular formula is C20H25NO6. The van der Waals surface area contributed by atoms with Crippen LogP contribution in [-0.2, 0) is 9.53 Å². The third kappa shape index (κ3) is 5.57. The summed E-state index contributed by atoms with van der Waals surface area (Å²) in [6.07, 6.45) is -0.696. The number of rotatable bonds is 4. The third-order valence-electron chi connectivity index (χ3n) is 3.73. The van der Waals surface area contributed by atoms with Gasteiger partial charge in [-0.2, -0.15) is 0 Å². The number of hydrogen-bond donors (Lipinski definition) is 1. The fourth-order valence-electron chi connectivity index (χ4n) is 2.48. The maximum Gasteiger partial charge on any atom is 0.408 e. The normalized spacial score (nSPS) is 12.7. The molecule has 7 heteroatoms. The van der Waals surface area contributed by atoms with Crippen LogP contribution in [0.2, 0.25) is 0 Å². The first-order chi connectivity index (χ1) is 12.5. The van der Waals surface area contributed by atoms with Gasteiger partial charge < -0.3 is 19.2 Å². The Labute approximate surface area is 157 Å². The Hall–Kier alpha value is -2.83. The number of alkyl carbamates (subject to hydrolysis) is 1. The summed E-state index contributed by atoms with van der Waals surface area (Å²) in [5.41, 5.74) is -0.0594. The van der Waals surface area contributed by atoms with Crippen LogP contribution in [0.3, 0.4) is 0 Å². The van der Waals surface area contributed by atoms with Crippen LogP contribution in [-0.4, -0.2) is 23.7 Å². The Bertz CT molecular complexity index is 907. The zero-order valence-electron chi connectivity index (χ0n) is 16.4. The van der Waals surface area contributed by atoms with Crippen LogP contribution in [0.4, 0.5) is 4.79 Å². The highest BCUT2D eigenvalue weighted by Gasteiger charge is 2.28. The SMILES string of the molecule is Cc1cc(=O)oc2cc(OC(=O)[C@H](NC(=O)OC(C)(C)C)C(C)C)ccc12. The number of fused-ring (bicyclic) bond motifs is 1. The number of ether oxygens (including phenoxy) is 2. The molecule has 7 nitrogen and oxygen atoms in total. The van der Waals surface area contributed by atoms with Gasteiger partial charge in [0, 0.05) is 17.5 Å². The molecule has 0 fully saturated rings. The molecule has 146 valence electrons. The maximum atomic E-state index is 12.5. The van der Waals surface area contributed by atoms with Crippen LogP contribution in [0.1, 0.15) is 40.2 Å². The summed E-state index contributed by atoms with van der Waals surface area (Å²) in [4.78, 5) is 36.1. The van der Waals surface area contributed by atoms with Gasteiger partial charge in [-0.25, -0.2) is 14.4 Å². The molecule has 1 atom stereocenters. The second-order valence-corrected chi connectivity index (χ2v) is 7.70. The van der Waals surface area contributed by atoms with E-state index in [1.807, 2.05) is 0 Å². The van der Waals surface area contributed by atoms with Crippen molar-refractivity contribution in [3.05, 3.63) is 40.2 Å². The fourth-order valence-corrected chi connectivity index (χ4v) is 2.48. The van der Waals surface area contributed by atoms with Crippen molar-refractivity contribution in [2.24, 2.45) is 5.92 Å². The standard InChI is InChI=1S/C20H25NO6/c1-11(2)17(21-19(24)27-20(4,5)6)18(23)25-13-7-8-14-12(3)9-16(22)26-15(14)10-13/h7-11,17H,1-6H3,(H,21,24)/t17-/m1/s1. The monoisotopic (exact) mass is 375 g/mol. The first-order valence-electron chi connectivity index (χ1n) is 8.72. The molecular weight excluding hydrogens is 350 g/mol. The topological polar surface area (TPSA) is 94.8 Å². The predicted octanol–water partition coefficient (Wildman–Crippen LogP) is 3.56. The number of amides is 1. The number of esters is 1. The molecule has 1 amide bonds. The summed E-state index contributed by atoms with van der Waals surface area (Å²) in [6, 6.07) is 5.31. The molecule has 0 aliphatic heterocycles. The van der Waals surface area contributed by atoms with Gasteiger partial charge in [0.25, 0.3) is 0 Å². The zero-order chi connectivity index (χ0) is 20.4. The number of carbonyl (C=O) groups is 2. The lowest BCUT2D eigenvalue weighted by Crippen LogP contribution is -2.48. The van der Waals surface area contributed by atoms with E-state index in [1.165, 1.54) is 12.1 Å². The molecule has 0 aliphatic rings. The second kappa shape index (κ2) is 7.82. The summed E-state index contributed by atoms with van der Waals surface area (Å²) in [6.45, 7) is 10.6. The van der Waals surface area contributed by atoms with Crippen molar-refractivity contribution in [2.45, 2.75) is 53.2 Å². The van der Waals surface area contributed by atoms with E-state index in [1.54, 1.807) is 53.7 Å². The van der Waals surface area contributed by atoms with Gasteiger partial charge in [-0.3, -0.25) is 0 Å². The molecule has 0 unspecified atom stereocenters. The molecule has 1 heterocycles. The average molecular weight is 375 g/mol. The summed E-state index contributed by atoms with van der Waals surface area (Å²) in [7, 11) is 0. The van der Waals surface area contributed by atoms with Gasteiger partial charge in [-0.1, -0.05) is 13.8 Å². The van der Waals surface area contributed by atoms with Crippen molar-refractivity contribution in [2.75, 3.05) is 0 Å². The minimum Gasteiger partial charge on any atom is -0.444 e. The van der Waals surface area contributed by atoms with Crippen LogP contribution < -0.4 is 15.7 Å². The zero-order valence-corrected chi connectivity index (χ0v) is 16.4. The van der Waals surface area contributed by atoms with Crippen molar-refractivity contribution in [3.63, 3.8) is 0 Å². The van der Waals surface area contributed by atoms with Crippen LogP contribution in [0, 0.1) is 12.8 Å². The molecule has 0 bridgehead atoms. The summed E-state index contributed by atoms with van der Waals surface area (Å²) in [5.74, 6) is -0.631. The molecule has 2 rings (SSSR count). The quantitative estimate of drug-likeness (QED) is 0.499. The van der Waals surface area contributed by atoms with Gasteiger partial charge in [-0.05, 0) is 51.3 Å². The molecule has 2 aromatic rings. The molecule has 0 spiro atoms. The van der Waals surface area contributed by atoms with E-state index in [9.17, 15) is 14.4 Å².